The van der Waals surface area contributed by atoms with Gasteiger partial charge in [-0.15, -0.1) is 0 Å². The Morgan fingerprint density at radius 1 is 1.39 bits per heavy atom. The number of hydrogen-bond acceptors (Lipinski definition) is 3. The molecule has 0 amide bonds. The van der Waals surface area contributed by atoms with E-state index in [0.717, 1.165) is 18.7 Å². The highest BCUT2D eigenvalue weighted by Gasteiger charge is 2.19. The molecule has 1 aromatic rings. The second-order valence-electron chi connectivity index (χ2n) is 4.32. The van der Waals surface area contributed by atoms with Crippen LogP contribution in [0.3, 0.4) is 0 Å². The number of carbonyl (C=O) groups excluding carboxylic acids is 1. The number of benzene rings is 1. The fourth-order valence-electron chi connectivity index (χ4n) is 1.98. The Labute approximate surface area is 104 Å². The molecule has 0 bridgehead atoms. The van der Waals surface area contributed by atoms with E-state index in [9.17, 15) is 13.6 Å². The minimum atomic E-state index is -0.675. The van der Waals surface area contributed by atoms with Gasteiger partial charge in [0.15, 0.2) is 0 Å². The van der Waals surface area contributed by atoms with Gasteiger partial charge in [0.2, 0.25) is 0 Å². The van der Waals surface area contributed by atoms with Crippen LogP contribution in [0.25, 0.3) is 0 Å². The molecule has 5 heteroatoms. The zero-order valence-electron chi connectivity index (χ0n) is 9.92. The molecule has 3 nitrogen and oxygen atoms in total. The van der Waals surface area contributed by atoms with Gasteiger partial charge in [0.05, 0.1) is 12.7 Å². The number of hydrogen-bond donors (Lipinski definition) is 1. The van der Waals surface area contributed by atoms with E-state index in [1.54, 1.807) is 0 Å². The SMILES string of the molecule is O=C(Cc1c(F)cccc1F)CC1CNCCO1. The van der Waals surface area contributed by atoms with Gasteiger partial charge in [-0.25, -0.2) is 8.78 Å². The zero-order chi connectivity index (χ0) is 13.0. The second-order valence-corrected chi connectivity index (χ2v) is 4.32. The van der Waals surface area contributed by atoms with Gasteiger partial charge in [0.1, 0.15) is 17.4 Å². The zero-order valence-corrected chi connectivity index (χ0v) is 9.92. The number of ether oxygens (including phenoxy) is 1. The third-order valence-electron chi connectivity index (χ3n) is 2.90. The molecule has 18 heavy (non-hydrogen) atoms. The fourth-order valence-corrected chi connectivity index (χ4v) is 1.98. The first-order chi connectivity index (χ1) is 8.66. The van der Waals surface area contributed by atoms with Crippen LogP contribution in [0.5, 0.6) is 0 Å². The molecule has 0 saturated carbocycles. The maximum Gasteiger partial charge on any atom is 0.140 e. The molecule has 1 unspecified atom stereocenters. The highest BCUT2D eigenvalue weighted by molar-refractivity contribution is 5.81. The molecule has 1 atom stereocenters. The van der Waals surface area contributed by atoms with Gasteiger partial charge in [-0.2, -0.15) is 0 Å². The summed E-state index contributed by atoms with van der Waals surface area (Å²) >= 11 is 0. The highest BCUT2D eigenvalue weighted by Crippen LogP contribution is 2.14. The molecule has 0 spiro atoms. The Hall–Kier alpha value is -1.33. The lowest BCUT2D eigenvalue weighted by Crippen LogP contribution is -2.39. The van der Waals surface area contributed by atoms with Crippen molar-refractivity contribution in [2.75, 3.05) is 19.7 Å². The van der Waals surface area contributed by atoms with E-state index in [0.29, 0.717) is 13.2 Å². The van der Waals surface area contributed by atoms with Crippen molar-refractivity contribution in [1.82, 2.24) is 5.32 Å². The number of nitrogens with one attached hydrogen (secondary N) is 1. The van der Waals surface area contributed by atoms with Crippen LogP contribution in [0, 0.1) is 11.6 Å². The fraction of sp³-hybridized carbons (Fsp3) is 0.462. The minimum Gasteiger partial charge on any atom is -0.375 e. The van der Waals surface area contributed by atoms with Gasteiger partial charge in [-0.05, 0) is 12.1 Å². The topological polar surface area (TPSA) is 38.3 Å². The van der Waals surface area contributed by atoms with Crippen molar-refractivity contribution in [3.05, 3.63) is 35.4 Å². The summed E-state index contributed by atoms with van der Waals surface area (Å²) in [6.45, 7) is 1.93. The van der Waals surface area contributed by atoms with Crippen LogP contribution in [0.2, 0.25) is 0 Å². The van der Waals surface area contributed by atoms with Gasteiger partial charge in [0.25, 0.3) is 0 Å². The number of ketones is 1. The Balaban J connectivity index is 1.94. The Kier molecular flexibility index (Phi) is 4.38. The lowest BCUT2D eigenvalue weighted by atomic mass is 10.0. The van der Waals surface area contributed by atoms with Gasteiger partial charge < -0.3 is 10.1 Å². The molecule has 0 aromatic heterocycles. The van der Waals surface area contributed by atoms with Crippen LogP contribution in [-0.2, 0) is 16.0 Å². The van der Waals surface area contributed by atoms with Crippen molar-refractivity contribution in [2.24, 2.45) is 0 Å². The third-order valence-corrected chi connectivity index (χ3v) is 2.90. The summed E-state index contributed by atoms with van der Waals surface area (Å²) in [7, 11) is 0. The van der Waals surface area contributed by atoms with E-state index >= 15 is 0 Å². The summed E-state index contributed by atoms with van der Waals surface area (Å²) in [5.74, 6) is -1.57. The van der Waals surface area contributed by atoms with Crippen molar-refractivity contribution in [3.63, 3.8) is 0 Å². The number of carbonyl (C=O) groups is 1. The van der Waals surface area contributed by atoms with E-state index < -0.39 is 11.6 Å². The van der Waals surface area contributed by atoms with Crippen molar-refractivity contribution in [2.45, 2.75) is 18.9 Å². The number of rotatable bonds is 4. The average molecular weight is 255 g/mol. The molecule has 1 aromatic carbocycles. The monoisotopic (exact) mass is 255 g/mol. The minimum absolute atomic E-state index is 0.161. The molecular formula is C13H15F2NO2. The summed E-state index contributed by atoms with van der Waals surface area (Å²) in [5, 5.41) is 3.10. The predicted molar refractivity (Wildman–Crippen MR) is 62.3 cm³/mol. The molecule has 1 aliphatic heterocycles. The molecule has 1 N–H and O–H groups in total. The second kappa shape index (κ2) is 6.02. The molecule has 0 aliphatic carbocycles. The standard InChI is InChI=1S/C13H15F2NO2/c14-12-2-1-3-13(15)11(12)7-9(17)6-10-8-16-4-5-18-10/h1-3,10,16H,4-8H2. The van der Waals surface area contributed by atoms with Crippen LogP contribution < -0.4 is 5.32 Å². The first-order valence-corrected chi connectivity index (χ1v) is 5.93. The van der Waals surface area contributed by atoms with Crippen LogP contribution in [0.4, 0.5) is 8.78 Å². The van der Waals surface area contributed by atoms with Gasteiger partial charge in [-0.3, -0.25) is 4.79 Å². The van der Waals surface area contributed by atoms with E-state index in [1.807, 2.05) is 0 Å². The predicted octanol–water partition coefficient (Wildman–Crippen LogP) is 1.45. The smallest absolute Gasteiger partial charge is 0.140 e. The first kappa shape index (κ1) is 13.1. The van der Waals surface area contributed by atoms with Crippen LogP contribution in [-0.4, -0.2) is 31.6 Å². The molecular weight excluding hydrogens is 240 g/mol. The lowest BCUT2D eigenvalue weighted by molar-refractivity contribution is -0.121. The van der Waals surface area contributed by atoms with Gasteiger partial charge in [-0.1, -0.05) is 6.07 Å². The largest absolute Gasteiger partial charge is 0.375 e. The molecule has 98 valence electrons. The number of halogens is 2. The van der Waals surface area contributed by atoms with E-state index in [1.165, 1.54) is 6.07 Å². The molecule has 1 fully saturated rings. The van der Waals surface area contributed by atoms with E-state index in [2.05, 4.69) is 5.32 Å². The molecule has 2 rings (SSSR count). The van der Waals surface area contributed by atoms with Crippen molar-refractivity contribution < 1.29 is 18.3 Å². The number of morpholine rings is 1. The number of Topliss-reactive ketones (excluding diaryl/α,β-unsaturated/α-hetero) is 1. The Bertz CT molecular complexity index is 411. The van der Waals surface area contributed by atoms with Crippen molar-refractivity contribution in [3.8, 4) is 0 Å². The van der Waals surface area contributed by atoms with Gasteiger partial charge >= 0.3 is 0 Å². The summed E-state index contributed by atoms with van der Waals surface area (Å²) in [6.07, 6.45) is -0.236. The maximum atomic E-state index is 13.4. The summed E-state index contributed by atoms with van der Waals surface area (Å²) in [5.41, 5.74) is -0.161. The highest BCUT2D eigenvalue weighted by atomic mass is 19.1. The quantitative estimate of drug-likeness (QED) is 0.885. The molecule has 1 aliphatic rings. The van der Waals surface area contributed by atoms with Crippen LogP contribution in [0.15, 0.2) is 18.2 Å². The van der Waals surface area contributed by atoms with Crippen molar-refractivity contribution in [1.29, 1.82) is 0 Å². The summed E-state index contributed by atoms with van der Waals surface area (Å²) < 4.78 is 32.1. The Morgan fingerprint density at radius 2 is 2.11 bits per heavy atom. The maximum absolute atomic E-state index is 13.4. The summed E-state index contributed by atoms with van der Waals surface area (Å²) in [4.78, 5) is 11.7. The van der Waals surface area contributed by atoms with Crippen LogP contribution >= 0.6 is 0 Å². The van der Waals surface area contributed by atoms with Crippen molar-refractivity contribution >= 4 is 5.78 Å². The van der Waals surface area contributed by atoms with Crippen LogP contribution in [0.1, 0.15) is 12.0 Å². The Morgan fingerprint density at radius 3 is 2.72 bits per heavy atom. The normalized spacial score (nSPS) is 19.8. The van der Waals surface area contributed by atoms with Gasteiger partial charge in [0, 0.05) is 31.5 Å². The lowest BCUT2D eigenvalue weighted by Gasteiger charge is -2.22. The van der Waals surface area contributed by atoms with E-state index in [4.69, 9.17) is 4.74 Å². The first-order valence-electron chi connectivity index (χ1n) is 5.93. The molecule has 0 radical (unpaired) electrons. The summed E-state index contributed by atoms with van der Waals surface area (Å²) in [6, 6.07) is 3.60. The molecule has 1 saturated heterocycles. The molecule has 1 heterocycles. The van der Waals surface area contributed by atoms with E-state index in [-0.39, 0.29) is 30.3 Å². The third kappa shape index (κ3) is 3.34. The average Bonchev–Trinajstić information content (AvgIpc) is 2.35.